The average molecular weight is 1700 g/mol. The van der Waals surface area contributed by atoms with Crippen molar-refractivity contribution in [2.75, 3.05) is 52.9 Å². The molecule has 0 aromatic carbocycles. The number of aliphatic hydroxyl groups excluding tert-OH is 26. The lowest BCUT2D eigenvalue weighted by molar-refractivity contribution is -0.408. The van der Waals surface area contributed by atoms with Crippen LogP contribution in [0.4, 0.5) is 0 Å². The van der Waals surface area contributed by atoms with E-state index in [1.54, 1.807) is 0 Å². The first-order valence-corrected chi connectivity index (χ1v) is 37.3. The quantitative estimate of drug-likeness (QED) is 0.0331. The average Bonchev–Trinajstić information content (AvgIpc) is 0.872. The Morgan fingerprint density at radius 1 is 0.241 bits per heavy atom. The van der Waals surface area contributed by atoms with Crippen LogP contribution in [0.1, 0.15) is 34.6 Å². The molecule has 10 aliphatic heterocycles. The summed E-state index contributed by atoms with van der Waals surface area (Å²) < 4.78 is 115. The van der Waals surface area contributed by atoms with Crippen LogP contribution in [-0.2, 0) is 104 Å². The molecule has 10 heterocycles. The maximum absolute atomic E-state index is 13.4. The van der Waals surface area contributed by atoms with Crippen molar-refractivity contribution < 1.29 is 237 Å². The second-order valence-corrected chi connectivity index (χ2v) is 29.8. The fourth-order valence-corrected chi connectivity index (χ4v) is 15.1. The molecule has 116 heavy (non-hydrogen) atoms. The van der Waals surface area contributed by atoms with Crippen molar-refractivity contribution in [2.24, 2.45) is 0 Å². The molecule has 0 saturated carbocycles. The molecule has 10 rings (SSSR count). The topological polar surface area (TPSA) is 789 Å². The predicted molar refractivity (Wildman–Crippen MR) is 356 cm³/mol. The number of carbonyl (C=O) groups is 3. The van der Waals surface area contributed by atoms with Crippen LogP contribution in [0.15, 0.2) is 0 Å². The van der Waals surface area contributed by atoms with Crippen LogP contribution in [-0.4, -0.2) is 504 Å². The number of hydrogen-bond acceptors (Lipinski definition) is 48. The number of carbonyl (C=O) groups excluding carboxylic acids is 3. The molecule has 51 heteroatoms. The lowest BCUT2D eigenvalue weighted by atomic mass is 9.93. The fraction of sp³-hybridized carbons (Fsp3) is 0.954. The maximum atomic E-state index is 13.4. The van der Waals surface area contributed by atoms with Crippen molar-refractivity contribution in [2.45, 2.75) is 335 Å². The summed E-state index contributed by atoms with van der Waals surface area (Å²) >= 11 is 0. The summed E-state index contributed by atoms with van der Waals surface area (Å²) in [5.74, 6) is -2.88. The first-order chi connectivity index (χ1) is 54.8. The highest BCUT2D eigenvalue weighted by molar-refractivity contribution is 5.74. The zero-order chi connectivity index (χ0) is 85.2. The zero-order valence-corrected chi connectivity index (χ0v) is 62.6. The molecule has 29 N–H and O–H groups in total. The van der Waals surface area contributed by atoms with Gasteiger partial charge in [0.25, 0.3) is 0 Å². The Hall–Kier alpha value is -3.39. The molecule has 0 bridgehead atoms. The normalized spacial score (nSPS) is 51.0. The Labute approximate surface area is 657 Å². The molecule has 0 aromatic rings. The number of rotatable bonds is 29. The summed E-state index contributed by atoms with van der Waals surface area (Å²) in [6.45, 7) is -3.48. The highest BCUT2D eigenvalue weighted by Gasteiger charge is 2.62. The first kappa shape index (κ1) is 94.9. The number of aliphatic hydroxyl groups is 26. The molecule has 0 radical (unpaired) electrons. The minimum atomic E-state index is -2.53. The van der Waals surface area contributed by atoms with Crippen LogP contribution in [0.5, 0.6) is 0 Å². The number of hydrogen-bond donors (Lipinski definition) is 29. The van der Waals surface area contributed by atoms with Gasteiger partial charge in [-0.2, -0.15) is 0 Å². The SMILES string of the molecule is CC(=O)N[C@@H]1[C@@H](O[C@@H]2O[C@@H](C)[C@@H](O)[C@@H](O)[C@@H]2O)[C@H](O[C@@H]2O[C@H](CO)[C@@H](O[C@@H]3O[C@H](CO[C@H]4O[C@H](CO)[C@@H](O)[C@H](O)[C@@H]4O)[C@@H](O)[C@H](O[C@H]4O[C@H](CO)[C@@H](O)[C@H](O)[C@@H]4O[C@@H]4O[C@H](CO[C@@H]5O[C@@H](C)[C@@H](O)[C@@H](O)[C@@H]5O)[C@@H](O[C@@H]5O[C@H](CO)[C@H](O)[C@H](O)[C@H]5O)[C@H](O)[C@H]4NC(C)=O)[C@@H]3O[C@@H]3O[C@H](CO)[C@H](O)[C@H]3O)[C@H](O)[C@H]2NC(C)=O)[C@@H](CO)O[C@H]1O. The third kappa shape index (κ3) is 20.5. The van der Waals surface area contributed by atoms with Gasteiger partial charge < -0.3 is 239 Å². The van der Waals surface area contributed by atoms with Gasteiger partial charge in [0, 0.05) is 20.8 Å². The Morgan fingerprint density at radius 3 is 1.02 bits per heavy atom. The monoisotopic (exact) mass is 1700 g/mol. The van der Waals surface area contributed by atoms with Crippen molar-refractivity contribution in [3.8, 4) is 0 Å². The van der Waals surface area contributed by atoms with E-state index in [4.69, 9.17) is 90.0 Å². The van der Waals surface area contributed by atoms with Gasteiger partial charge in [0.05, 0.1) is 65.1 Å². The Morgan fingerprint density at radius 2 is 0.534 bits per heavy atom. The summed E-state index contributed by atoms with van der Waals surface area (Å²) in [5.41, 5.74) is 0. The van der Waals surface area contributed by atoms with Crippen LogP contribution in [0, 0.1) is 0 Å². The summed E-state index contributed by atoms with van der Waals surface area (Å²) in [5, 5.41) is 297. The Balaban J connectivity index is 1.04. The molecule has 672 valence electrons. The van der Waals surface area contributed by atoms with Crippen molar-refractivity contribution in [1.29, 1.82) is 0 Å². The van der Waals surface area contributed by atoms with E-state index in [2.05, 4.69) is 16.0 Å². The van der Waals surface area contributed by atoms with Crippen LogP contribution < -0.4 is 16.0 Å². The summed E-state index contributed by atoms with van der Waals surface area (Å²) in [7, 11) is 0. The highest BCUT2D eigenvalue weighted by atomic mass is 16.8. The standard InChI is InChI=1S/C65H109N3O48/c1-14-30(78)39(87)45(93)59(100-14)99-13-26-50(110-63-48(96)42(90)33(81)20(7-70)104-63)38(86)28(67-17(4)76)58(109-26)115-54-43(91)34(82)21(8-71)106-64(54)114-53-36(84)25(12-98-60-46(94)41(89)32(80)19(6-69)103-60)108-65(55(53)116-62-44(92)35(83)22(9-72)105-62)111-49-23(10-73)107-57(27(37(49)85)66-16(3)75)112-51-24(11-74)102-56(97)29(68-18(5)77)52(51)113-61-47(95)40(88)31(79)15(2)101-61/h14-15,19-65,69-74,78-97H,6-13H2,1-5H3,(H,66,75)(H,67,76)(H,68,77)/t14-,15-,19+,20+,21+,22+,23+,24+,25+,26+,27+,28+,29+,30+,31+,32+,33-,34+,35-,36+,37+,38+,39+,40+,41-,42-,43-,44+,45-,46-,47-,48+,49+,50+,51+,52+,53-,54-,55-,56+,57-,58-,59+,60-,61-,62-,63-,64+,65-/m0/s1. The van der Waals surface area contributed by atoms with E-state index in [0.29, 0.717) is 0 Å². The van der Waals surface area contributed by atoms with E-state index in [9.17, 15) is 147 Å². The van der Waals surface area contributed by atoms with Crippen LogP contribution in [0.2, 0.25) is 0 Å². The Kier molecular flexibility index (Phi) is 33.5. The van der Waals surface area contributed by atoms with Crippen LogP contribution >= 0.6 is 0 Å². The largest absolute Gasteiger partial charge is 0.394 e. The van der Waals surface area contributed by atoms with E-state index in [1.807, 2.05) is 0 Å². The van der Waals surface area contributed by atoms with Gasteiger partial charge in [-0.05, 0) is 13.8 Å². The maximum Gasteiger partial charge on any atom is 0.217 e. The minimum Gasteiger partial charge on any atom is -0.394 e. The highest BCUT2D eigenvalue weighted by Crippen LogP contribution is 2.42. The molecular weight excluding hydrogens is 1590 g/mol. The van der Waals surface area contributed by atoms with Gasteiger partial charge in [0.1, 0.15) is 226 Å². The second kappa shape index (κ2) is 40.9. The molecule has 0 aliphatic carbocycles. The molecule has 0 spiro atoms. The fourth-order valence-electron chi connectivity index (χ4n) is 15.1. The molecule has 10 aliphatic rings. The molecule has 51 nitrogen and oxygen atoms in total. The third-order valence-corrected chi connectivity index (χ3v) is 21.6. The van der Waals surface area contributed by atoms with Gasteiger partial charge in [-0.3, -0.25) is 14.4 Å². The van der Waals surface area contributed by atoms with Crippen molar-refractivity contribution in [1.82, 2.24) is 16.0 Å². The van der Waals surface area contributed by atoms with E-state index in [1.165, 1.54) is 13.8 Å². The van der Waals surface area contributed by atoms with Crippen molar-refractivity contribution in [3.05, 3.63) is 0 Å². The molecule has 10 saturated heterocycles. The summed E-state index contributed by atoms with van der Waals surface area (Å²) in [6.07, 6.45) is -95.3. The van der Waals surface area contributed by atoms with Crippen molar-refractivity contribution >= 4 is 17.7 Å². The molecule has 10 fully saturated rings. The number of nitrogens with one attached hydrogen (secondary N) is 3. The van der Waals surface area contributed by atoms with E-state index in [0.717, 1.165) is 20.8 Å². The molecule has 0 aromatic heterocycles. The zero-order valence-electron chi connectivity index (χ0n) is 62.6. The summed E-state index contributed by atoms with van der Waals surface area (Å²) in [6, 6.07) is -5.90. The van der Waals surface area contributed by atoms with Gasteiger partial charge in [0.2, 0.25) is 17.7 Å². The molecular formula is C65H109N3O48. The second-order valence-electron chi connectivity index (χ2n) is 29.8. The van der Waals surface area contributed by atoms with Crippen LogP contribution in [0.3, 0.4) is 0 Å². The lowest BCUT2D eigenvalue weighted by Crippen LogP contribution is -2.71. The van der Waals surface area contributed by atoms with E-state index in [-0.39, 0.29) is 0 Å². The van der Waals surface area contributed by atoms with Gasteiger partial charge in [0.15, 0.2) is 62.9 Å². The van der Waals surface area contributed by atoms with E-state index >= 15 is 0 Å². The van der Waals surface area contributed by atoms with E-state index < -0.39 is 371 Å². The van der Waals surface area contributed by atoms with Gasteiger partial charge in [-0.25, -0.2) is 0 Å². The van der Waals surface area contributed by atoms with Gasteiger partial charge in [-0.1, -0.05) is 0 Å². The minimum absolute atomic E-state index is 0.861. The molecule has 0 unspecified atom stereocenters. The third-order valence-electron chi connectivity index (χ3n) is 21.6. The van der Waals surface area contributed by atoms with Crippen LogP contribution in [0.25, 0.3) is 0 Å². The van der Waals surface area contributed by atoms with Gasteiger partial charge in [-0.15, -0.1) is 0 Å². The Bertz CT molecular complexity index is 3080. The predicted octanol–water partition coefficient (Wildman–Crippen LogP) is -19.7. The summed E-state index contributed by atoms with van der Waals surface area (Å²) in [4.78, 5) is 39.4. The molecule has 49 atom stereocenters. The smallest absolute Gasteiger partial charge is 0.217 e. The first-order valence-electron chi connectivity index (χ1n) is 37.3. The lowest BCUT2D eigenvalue weighted by Gasteiger charge is -2.52. The number of ether oxygens (including phenoxy) is 19. The van der Waals surface area contributed by atoms with Crippen molar-refractivity contribution in [3.63, 3.8) is 0 Å². The van der Waals surface area contributed by atoms with Gasteiger partial charge >= 0.3 is 0 Å². The molecule has 3 amide bonds. The number of amides is 3.